The number of nitrogens with one attached hydrogen (secondary N) is 2. The minimum Gasteiger partial charge on any atom is -0.323 e. The third-order valence-corrected chi connectivity index (χ3v) is 6.28. The van der Waals surface area contributed by atoms with Crippen LogP contribution in [0.5, 0.6) is 0 Å². The highest BCUT2D eigenvalue weighted by Gasteiger charge is 2.52. The molecule has 1 aromatic carbocycles. The summed E-state index contributed by atoms with van der Waals surface area (Å²) in [5.74, 6) is -0.0376. The van der Waals surface area contributed by atoms with Crippen LogP contribution in [-0.4, -0.2) is 60.0 Å². The van der Waals surface area contributed by atoms with Gasteiger partial charge >= 0.3 is 6.03 Å². The Morgan fingerprint density at radius 2 is 1.92 bits per heavy atom. The van der Waals surface area contributed by atoms with E-state index in [1.165, 1.54) is 4.90 Å². The van der Waals surface area contributed by atoms with Crippen LogP contribution < -0.4 is 10.6 Å². The van der Waals surface area contributed by atoms with Crippen molar-refractivity contribution in [1.82, 2.24) is 20.4 Å². The molecule has 3 aliphatic rings. The standard InChI is InChI=1S/C19H25ClN4O2/c20-15-6-2-1-5-14(15)16-13-21-9-10-23(16)11-12-24-17(25)19(22-18(24)26)7-3-4-8-19/h1-2,5-6,16,21H,3-4,7-13H2,(H,22,26). The number of hydrogen-bond acceptors (Lipinski definition) is 4. The van der Waals surface area contributed by atoms with Gasteiger partial charge < -0.3 is 10.6 Å². The molecule has 1 atom stereocenters. The monoisotopic (exact) mass is 376 g/mol. The summed E-state index contributed by atoms with van der Waals surface area (Å²) in [6.45, 7) is 3.66. The molecule has 4 rings (SSSR count). The molecule has 6 nitrogen and oxygen atoms in total. The van der Waals surface area contributed by atoms with Crippen LogP contribution in [0.15, 0.2) is 24.3 Å². The lowest BCUT2D eigenvalue weighted by atomic mass is 9.98. The number of nitrogens with zero attached hydrogens (tertiary/aromatic N) is 2. The quantitative estimate of drug-likeness (QED) is 0.790. The summed E-state index contributed by atoms with van der Waals surface area (Å²) in [6.07, 6.45) is 3.55. The van der Waals surface area contributed by atoms with Crippen LogP contribution in [0.25, 0.3) is 0 Å². The van der Waals surface area contributed by atoms with E-state index in [1.54, 1.807) is 0 Å². The number of carbonyl (C=O) groups excluding carboxylic acids is 2. The Balaban J connectivity index is 1.45. The van der Waals surface area contributed by atoms with Gasteiger partial charge in [-0.3, -0.25) is 14.6 Å². The Kier molecular flexibility index (Phi) is 4.90. The van der Waals surface area contributed by atoms with Crippen LogP contribution in [0.1, 0.15) is 37.3 Å². The lowest BCUT2D eigenvalue weighted by Crippen LogP contribution is -2.49. The smallest absolute Gasteiger partial charge is 0.323 e. The number of imide groups is 1. The molecule has 140 valence electrons. The van der Waals surface area contributed by atoms with Gasteiger partial charge in [0.05, 0.1) is 0 Å². The van der Waals surface area contributed by atoms with Crippen molar-refractivity contribution in [3.8, 4) is 0 Å². The van der Waals surface area contributed by atoms with Crippen molar-refractivity contribution < 1.29 is 9.59 Å². The van der Waals surface area contributed by atoms with Crippen molar-refractivity contribution in [2.75, 3.05) is 32.7 Å². The molecule has 1 saturated carbocycles. The predicted molar refractivity (Wildman–Crippen MR) is 100 cm³/mol. The molecule has 3 amide bonds. The van der Waals surface area contributed by atoms with E-state index in [4.69, 9.17) is 11.6 Å². The lowest BCUT2D eigenvalue weighted by Gasteiger charge is -2.37. The molecule has 0 bridgehead atoms. The van der Waals surface area contributed by atoms with Gasteiger partial charge in [0.2, 0.25) is 0 Å². The average molecular weight is 377 g/mol. The van der Waals surface area contributed by atoms with Gasteiger partial charge in [0.25, 0.3) is 5.91 Å². The van der Waals surface area contributed by atoms with Gasteiger partial charge in [-0.1, -0.05) is 42.6 Å². The van der Waals surface area contributed by atoms with Gasteiger partial charge in [-0.25, -0.2) is 4.79 Å². The number of benzene rings is 1. The maximum atomic E-state index is 12.8. The fourth-order valence-electron chi connectivity index (χ4n) is 4.49. The molecule has 26 heavy (non-hydrogen) atoms. The number of urea groups is 1. The zero-order valence-electron chi connectivity index (χ0n) is 14.8. The Hall–Kier alpha value is -1.63. The number of carbonyl (C=O) groups is 2. The van der Waals surface area contributed by atoms with Crippen molar-refractivity contribution in [2.24, 2.45) is 0 Å². The maximum absolute atomic E-state index is 12.8. The van der Waals surface area contributed by atoms with Crippen molar-refractivity contribution >= 4 is 23.5 Å². The molecule has 7 heteroatoms. The van der Waals surface area contributed by atoms with Crippen molar-refractivity contribution in [3.05, 3.63) is 34.9 Å². The van der Waals surface area contributed by atoms with E-state index < -0.39 is 5.54 Å². The summed E-state index contributed by atoms with van der Waals surface area (Å²) >= 11 is 6.40. The highest BCUT2D eigenvalue weighted by molar-refractivity contribution is 6.31. The summed E-state index contributed by atoms with van der Waals surface area (Å²) in [5, 5.41) is 7.13. The van der Waals surface area contributed by atoms with Crippen molar-refractivity contribution in [1.29, 1.82) is 0 Å². The van der Waals surface area contributed by atoms with Gasteiger partial charge in [0.15, 0.2) is 0 Å². The summed E-state index contributed by atoms with van der Waals surface area (Å²) < 4.78 is 0. The predicted octanol–water partition coefficient (Wildman–Crippen LogP) is 2.15. The SMILES string of the molecule is O=C1NC2(CCCC2)C(=O)N1CCN1CCNCC1c1ccccc1Cl. The van der Waals surface area contributed by atoms with Gasteiger partial charge in [0.1, 0.15) is 5.54 Å². The third-order valence-electron chi connectivity index (χ3n) is 5.93. The number of rotatable bonds is 4. The molecule has 1 spiro atoms. The molecule has 1 unspecified atom stereocenters. The van der Waals surface area contributed by atoms with E-state index in [9.17, 15) is 9.59 Å². The fraction of sp³-hybridized carbons (Fsp3) is 0.579. The normalized spacial score (nSPS) is 25.9. The molecule has 2 aliphatic heterocycles. The minimum absolute atomic E-state index is 0.0376. The second-order valence-corrected chi connectivity index (χ2v) is 7.86. The summed E-state index contributed by atoms with van der Waals surface area (Å²) in [6, 6.07) is 7.80. The van der Waals surface area contributed by atoms with Crippen LogP contribution in [0, 0.1) is 0 Å². The van der Waals surface area contributed by atoms with Crippen molar-refractivity contribution in [2.45, 2.75) is 37.3 Å². The zero-order chi connectivity index (χ0) is 18.1. The Labute approximate surface area is 158 Å². The summed E-state index contributed by atoms with van der Waals surface area (Å²) in [7, 11) is 0. The molecule has 2 saturated heterocycles. The van der Waals surface area contributed by atoms with Crippen LogP contribution >= 0.6 is 11.6 Å². The maximum Gasteiger partial charge on any atom is 0.325 e. The van der Waals surface area contributed by atoms with E-state index in [1.807, 2.05) is 24.3 Å². The fourth-order valence-corrected chi connectivity index (χ4v) is 4.75. The van der Waals surface area contributed by atoms with E-state index >= 15 is 0 Å². The first kappa shape index (κ1) is 17.8. The average Bonchev–Trinajstić information content (AvgIpc) is 3.20. The third kappa shape index (κ3) is 3.10. The molecule has 1 aliphatic carbocycles. The number of hydrogen-bond donors (Lipinski definition) is 2. The summed E-state index contributed by atoms with van der Waals surface area (Å²) in [5.41, 5.74) is 0.466. The second-order valence-electron chi connectivity index (χ2n) is 7.45. The molecular formula is C19H25ClN4O2. The molecule has 0 radical (unpaired) electrons. The lowest BCUT2D eigenvalue weighted by molar-refractivity contribution is -0.131. The van der Waals surface area contributed by atoms with E-state index in [0.29, 0.717) is 13.1 Å². The minimum atomic E-state index is -0.622. The highest BCUT2D eigenvalue weighted by atomic mass is 35.5. The van der Waals surface area contributed by atoms with Gasteiger partial charge in [-0.15, -0.1) is 0 Å². The first-order chi connectivity index (χ1) is 12.6. The van der Waals surface area contributed by atoms with E-state index in [-0.39, 0.29) is 18.0 Å². The number of piperazine rings is 1. The highest BCUT2D eigenvalue weighted by Crippen LogP contribution is 2.35. The van der Waals surface area contributed by atoms with Gasteiger partial charge in [-0.2, -0.15) is 0 Å². The van der Waals surface area contributed by atoms with Crippen LogP contribution in [-0.2, 0) is 4.79 Å². The topological polar surface area (TPSA) is 64.7 Å². The second kappa shape index (κ2) is 7.18. The van der Waals surface area contributed by atoms with E-state index in [0.717, 1.165) is 55.9 Å². The first-order valence-corrected chi connectivity index (χ1v) is 9.82. The number of halogens is 1. The van der Waals surface area contributed by atoms with Gasteiger partial charge in [0, 0.05) is 43.8 Å². The van der Waals surface area contributed by atoms with Crippen molar-refractivity contribution in [3.63, 3.8) is 0 Å². The van der Waals surface area contributed by atoms with E-state index in [2.05, 4.69) is 15.5 Å². The Morgan fingerprint density at radius 1 is 1.15 bits per heavy atom. The Bertz CT molecular complexity index is 705. The molecule has 2 heterocycles. The molecular weight excluding hydrogens is 352 g/mol. The van der Waals surface area contributed by atoms with Crippen LogP contribution in [0.3, 0.4) is 0 Å². The summed E-state index contributed by atoms with van der Waals surface area (Å²) in [4.78, 5) is 28.9. The number of amides is 3. The van der Waals surface area contributed by atoms with Gasteiger partial charge in [-0.05, 0) is 24.5 Å². The molecule has 2 N–H and O–H groups in total. The first-order valence-electron chi connectivity index (χ1n) is 9.44. The molecule has 1 aromatic rings. The largest absolute Gasteiger partial charge is 0.325 e. The Morgan fingerprint density at radius 3 is 2.69 bits per heavy atom. The van der Waals surface area contributed by atoms with Crippen LogP contribution in [0.4, 0.5) is 4.79 Å². The molecule has 0 aromatic heterocycles. The molecule has 3 fully saturated rings. The van der Waals surface area contributed by atoms with Crippen LogP contribution in [0.2, 0.25) is 5.02 Å². The zero-order valence-corrected chi connectivity index (χ0v) is 15.6.